The van der Waals surface area contributed by atoms with Gasteiger partial charge in [0.2, 0.25) is 11.8 Å². The number of nitrogens with zero attached hydrogens (tertiary/aromatic N) is 4. The molecule has 2 aromatic heterocycles. The Morgan fingerprint density at radius 3 is 1.06 bits per heavy atom. The van der Waals surface area contributed by atoms with Crippen LogP contribution in [0, 0.1) is 53.2 Å². The minimum absolute atomic E-state index is 0. The van der Waals surface area contributed by atoms with Crippen LogP contribution in [0.25, 0.3) is 22.3 Å². The SMILES string of the molecule is CCOC(=O)C[C@H](NC(=O)C(CC(C)(C)F)n1cc(CCN(C)C)c(C(F)(F)F)cc1=O)c1cc(-c2c(C)cc(C)cc2C)cc(C(F)(F)F)c1F.Cc1cc(C)c(-c2cc([C@H](CC(=O)O)NC(=O)C(CC(C)(C)F)n3cc(CCN(C)C)c(C(F)(F)F)cc3=O)c(F)c(C(F)(F)F)c2)c(C)c1.S.S.[Li+].[OH-].[OH-]. The van der Waals surface area contributed by atoms with E-state index in [9.17, 15) is 86.6 Å². The van der Waals surface area contributed by atoms with Crippen molar-refractivity contribution in [1.29, 1.82) is 0 Å². The topological polar surface area (TPSA) is 232 Å². The maximum atomic E-state index is 16.0. The van der Waals surface area contributed by atoms with Crippen LogP contribution >= 0.6 is 27.0 Å². The van der Waals surface area contributed by atoms with E-state index in [0.29, 0.717) is 54.6 Å². The maximum absolute atomic E-state index is 16.0. The molecule has 4 atom stereocenters. The molecule has 2 unspecified atom stereocenters. The van der Waals surface area contributed by atoms with Crippen molar-refractivity contribution in [3.63, 3.8) is 0 Å². The van der Waals surface area contributed by atoms with Crippen molar-refractivity contribution >= 4 is 50.7 Å². The number of ether oxygens (including phenoxy) is 1. The number of pyridine rings is 2. The second kappa shape index (κ2) is 39.4. The Hall–Kier alpha value is -7.32. The molecule has 16 nitrogen and oxygen atoms in total. The van der Waals surface area contributed by atoms with E-state index in [1.807, 2.05) is 0 Å². The Morgan fingerprint density at radius 2 is 0.794 bits per heavy atom. The molecule has 4 aromatic carbocycles. The second-order valence-corrected chi connectivity index (χ2v) is 27.0. The number of rotatable bonds is 25. The van der Waals surface area contributed by atoms with Gasteiger partial charge in [-0.15, -0.1) is 0 Å². The molecule has 6 rings (SSSR count). The molecule has 2 heterocycles. The summed E-state index contributed by atoms with van der Waals surface area (Å²) >= 11 is 0. The number of aromatic nitrogens is 2. The summed E-state index contributed by atoms with van der Waals surface area (Å²) in [6.45, 7) is 15.7. The number of aliphatic carboxylic acids is 1. The predicted octanol–water partition coefficient (Wildman–Crippen LogP) is 12.8. The number of carbonyl (C=O) groups excluding carboxylic acids is 3. The fourth-order valence-electron chi connectivity index (χ4n) is 12.2. The van der Waals surface area contributed by atoms with Crippen LogP contribution in [0.15, 0.2) is 82.6 Å². The van der Waals surface area contributed by atoms with E-state index in [4.69, 9.17) is 4.74 Å². The molecule has 107 heavy (non-hydrogen) atoms. The number of benzene rings is 4. The molecular weight excluding hydrogens is 1480 g/mol. The van der Waals surface area contributed by atoms with Gasteiger partial charge in [-0.3, -0.25) is 28.8 Å². The molecular formula is C72H88F16LiN6O10S2-. The number of esters is 1. The molecule has 0 saturated heterocycles. The van der Waals surface area contributed by atoms with Crippen molar-refractivity contribution in [2.75, 3.05) is 47.9 Å². The van der Waals surface area contributed by atoms with Crippen molar-refractivity contribution in [2.24, 2.45) is 0 Å². The molecule has 0 radical (unpaired) electrons. The Kier molecular flexibility index (Phi) is 36.7. The molecule has 0 spiro atoms. The Labute approximate surface area is 634 Å². The predicted molar refractivity (Wildman–Crippen MR) is 376 cm³/mol. The second-order valence-electron chi connectivity index (χ2n) is 27.0. The number of carbonyl (C=O) groups is 4. The number of amides is 2. The quantitative estimate of drug-likeness (QED) is 0.0276. The molecule has 0 saturated carbocycles. The van der Waals surface area contributed by atoms with Gasteiger partial charge in [0.25, 0.3) is 11.1 Å². The van der Waals surface area contributed by atoms with Gasteiger partial charge < -0.3 is 50.4 Å². The third-order valence-electron chi connectivity index (χ3n) is 16.4. The zero-order valence-electron chi connectivity index (χ0n) is 61.6. The first-order valence-corrected chi connectivity index (χ1v) is 31.9. The van der Waals surface area contributed by atoms with E-state index >= 15 is 17.6 Å². The largest absolute Gasteiger partial charge is 1.00 e. The van der Waals surface area contributed by atoms with Crippen LogP contribution in [-0.2, 0) is 61.5 Å². The van der Waals surface area contributed by atoms with Crippen LogP contribution in [0.2, 0.25) is 0 Å². The van der Waals surface area contributed by atoms with Crippen molar-refractivity contribution in [3.05, 3.63) is 183 Å². The summed E-state index contributed by atoms with van der Waals surface area (Å²) in [6, 6.07) is 2.96. The first-order valence-electron chi connectivity index (χ1n) is 31.9. The van der Waals surface area contributed by atoms with Gasteiger partial charge in [0.1, 0.15) is 35.1 Å². The summed E-state index contributed by atoms with van der Waals surface area (Å²) in [5.41, 5.74) is -11.2. The van der Waals surface area contributed by atoms with Crippen molar-refractivity contribution < 1.29 is 129 Å². The summed E-state index contributed by atoms with van der Waals surface area (Å²) in [5, 5.41) is 14.2. The molecule has 0 aliphatic rings. The van der Waals surface area contributed by atoms with E-state index in [1.165, 1.54) is 6.92 Å². The smallest absolute Gasteiger partial charge is 0.870 e. The summed E-state index contributed by atoms with van der Waals surface area (Å²) in [6.07, 6.45) is -22.9. The molecule has 6 aromatic rings. The van der Waals surface area contributed by atoms with E-state index in [2.05, 4.69) is 10.6 Å². The molecule has 0 fully saturated rings. The average Bonchev–Trinajstić information content (AvgIpc) is 0.787. The van der Waals surface area contributed by atoms with Gasteiger partial charge in [-0.2, -0.15) is 79.7 Å². The minimum Gasteiger partial charge on any atom is -0.870 e. The average molecular weight is 1570 g/mol. The summed E-state index contributed by atoms with van der Waals surface area (Å²) < 4.78 is 238. The molecule has 0 aliphatic heterocycles. The van der Waals surface area contributed by atoms with Gasteiger partial charge in [0.15, 0.2) is 0 Å². The minimum atomic E-state index is -5.25. The first kappa shape index (κ1) is 99.7. The summed E-state index contributed by atoms with van der Waals surface area (Å²) in [5.74, 6) is -8.95. The zero-order valence-corrected chi connectivity index (χ0v) is 63.6. The van der Waals surface area contributed by atoms with E-state index < -0.39 is 171 Å². The Morgan fingerprint density at radius 1 is 0.495 bits per heavy atom. The number of nitrogens with one attached hydrogen (secondary N) is 2. The maximum Gasteiger partial charge on any atom is 1.00 e. The number of alkyl halides is 14. The van der Waals surface area contributed by atoms with E-state index in [-0.39, 0.29) is 118 Å². The Bertz CT molecular complexity index is 4160. The van der Waals surface area contributed by atoms with Crippen LogP contribution < -0.4 is 40.6 Å². The number of carboxylic acids is 1. The number of hydrogen-bond donors (Lipinski definition) is 3. The van der Waals surface area contributed by atoms with Crippen molar-refractivity contribution in [3.8, 4) is 22.3 Å². The Balaban J connectivity index is 0.00000201. The van der Waals surface area contributed by atoms with Crippen LogP contribution in [0.4, 0.5) is 70.2 Å². The normalized spacial score (nSPS) is 13.1. The standard InChI is InChI=1S/C37H43F8N3O4.C35H39F8N3O4.Li.2H2O.2H2S/c1-9-52-31(50)17-28(25-14-24(15-27(33(25)38)37(43,44)45)32-21(3)12-20(2)13-22(32)4)46-34(51)29(18-35(5,6)39)48-19-23(10-11-47(7)8)26(16-30(48)49)36(40,41)42;1-18-10-19(2)30(20(3)11-18)22-12-23(31(36)25(13-22)35(41,42)43)26(15-29(48)49)44-32(50)27(16-33(4,5)37)46-17-21(8-9-45(6)7)24(14-28(46)47)34(38,39)40;;;;;/h12-16,19,28-29H,9-11,17-18H2,1-8H3,(H,46,51);10-14,17,26-27H,8-9,15-16H2,1-7H3,(H,44,50)(H,48,49);;4*1H2/q;;+1;;;;/p-2/t28-,29?;26-,27?;;;;;/m00...../s1. The number of aryl methyl sites for hydroxylation is 6. The van der Waals surface area contributed by atoms with E-state index in [0.717, 1.165) is 63.3 Å². The van der Waals surface area contributed by atoms with E-state index in [1.54, 1.807) is 104 Å². The third kappa shape index (κ3) is 27.3. The monoisotopic (exact) mass is 1570 g/mol. The molecule has 35 heteroatoms. The molecule has 592 valence electrons. The molecule has 5 N–H and O–H groups in total. The number of carboxylic acid groups (broad SMARTS) is 1. The van der Waals surface area contributed by atoms with Crippen LogP contribution in [0.5, 0.6) is 0 Å². The van der Waals surface area contributed by atoms with Gasteiger partial charge >= 0.3 is 55.5 Å². The fraction of sp³-hybridized carbons (Fsp3) is 0.472. The van der Waals surface area contributed by atoms with Gasteiger partial charge in [-0.1, -0.05) is 35.4 Å². The number of likely N-dealkylation sites (N-methyl/N-ethyl adjacent to an activating group) is 2. The fourth-order valence-corrected chi connectivity index (χ4v) is 12.2. The molecule has 0 bridgehead atoms. The van der Waals surface area contributed by atoms with Gasteiger partial charge in [0, 0.05) is 61.6 Å². The van der Waals surface area contributed by atoms with Gasteiger partial charge in [-0.25, -0.2) is 17.6 Å². The molecule has 0 aliphatic carbocycles. The van der Waals surface area contributed by atoms with Crippen LogP contribution in [0.3, 0.4) is 0 Å². The zero-order chi connectivity index (χ0) is 77.6. The van der Waals surface area contributed by atoms with Crippen LogP contribution in [0.1, 0.15) is 162 Å². The van der Waals surface area contributed by atoms with Crippen molar-refractivity contribution in [2.45, 2.75) is 175 Å². The number of halogens is 16. The van der Waals surface area contributed by atoms with Gasteiger partial charge in [0.05, 0.1) is 53.8 Å². The van der Waals surface area contributed by atoms with Gasteiger partial charge in [-0.05, 0) is 197 Å². The molecule has 2 amide bonds. The first-order chi connectivity index (χ1) is 46.6. The summed E-state index contributed by atoms with van der Waals surface area (Å²) in [4.78, 5) is 82.2. The third-order valence-corrected chi connectivity index (χ3v) is 16.4. The summed E-state index contributed by atoms with van der Waals surface area (Å²) in [7, 11) is 6.39. The number of hydrogen-bond acceptors (Lipinski definition) is 11. The van der Waals surface area contributed by atoms with Crippen LogP contribution in [-0.4, -0.2) is 118 Å². The van der Waals surface area contributed by atoms with Crippen molar-refractivity contribution in [1.82, 2.24) is 29.6 Å².